The summed E-state index contributed by atoms with van der Waals surface area (Å²) in [5.74, 6) is 2.11. The number of nitrogens with zero attached hydrogens (tertiary/aromatic N) is 4. The number of hydrogen-bond donors (Lipinski definition) is 2. The van der Waals surface area contributed by atoms with Crippen LogP contribution in [-0.4, -0.2) is 19.6 Å². The highest BCUT2D eigenvalue weighted by Gasteiger charge is 2.16. The summed E-state index contributed by atoms with van der Waals surface area (Å²) >= 11 is 0. The van der Waals surface area contributed by atoms with Crippen LogP contribution in [0.4, 0.5) is 11.6 Å². The molecule has 0 aliphatic carbocycles. The summed E-state index contributed by atoms with van der Waals surface area (Å²) < 4.78 is 7.33. The molecule has 0 unspecified atom stereocenters. The summed E-state index contributed by atoms with van der Waals surface area (Å²) in [5.41, 5.74) is 16.5. The molecule has 1 aromatic carbocycles. The Labute approximate surface area is 144 Å². The van der Waals surface area contributed by atoms with Gasteiger partial charge in [-0.25, -0.2) is 0 Å². The van der Waals surface area contributed by atoms with E-state index in [9.17, 15) is 0 Å². The van der Waals surface area contributed by atoms with Crippen molar-refractivity contribution in [3.8, 4) is 11.6 Å². The van der Waals surface area contributed by atoms with Gasteiger partial charge in [0, 0.05) is 17.7 Å². The van der Waals surface area contributed by atoms with Gasteiger partial charge in [0.2, 0.25) is 11.8 Å². The molecule has 0 aliphatic rings. The van der Waals surface area contributed by atoms with E-state index >= 15 is 0 Å². The normalized spacial score (nSPS) is 11.3. The Balaban J connectivity index is 1.84. The van der Waals surface area contributed by atoms with Gasteiger partial charge in [0.1, 0.15) is 5.76 Å². The Morgan fingerprint density at radius 3 is 2.64 bits per heavy atom. The SMILES string of the molecule is Cc1ccc(-c2nc(N)nc3c(Cc4cccc(N)c4C)cnn23)o1. The Morgan fingerprint density at radius 1 is 1.04 bits per heavy atom. The van der Waals surface area contributed by atoms with Crippen molar-refractivity contribution in [1.82, 2.24) is 19.6 Å². The molecule has 0 saturated heterocycles. The molecule has 0 atom stereocenters. The molecule has 4 rings (SSSR count). The van der Waals surface area contributed by atoms with Crippen LogP contribution in [0.5, 0.6) is 0 Å². The first-order valence-corrected chi connectivity index (χ1v) is 7.94. The number of hydrogen-bond acceptors (Lipinski definition) is 6. The van der Waals surface area contributed by atoms with Crippen molar-refractivity contribution >= 4 is 17.3 Å². The van der Waals surface area contributed by atoms with E-state index in [0.717, 1.165) is 28.1 Å². The van der Waals surface area contributed by atoms with E-state index in [1.54, 1.807) is 10.7 Å². The maximum absolute atomic E-state index is 6.01. The average Bonchev–Trinajstić information content (AvgIpc) is 3.18. The molecule has 3 aromatic heterocycles. The predicted octanol–water partition coefficient (Wildman–Crippen LogP) is 2.76. The molecule has 4 aromatic rings. The minimum Gasteiger partial charge on any atom is -0.458 e. The van der Waals surface area contributed by atoms with Crippen molar-refractivity contribution in [2.75, 3.05) is 11.5 Å². The zero-order valence-corrected chi connectivity index (χ0v) is 14.0. The van der Waals surface area contributed by atoms with Gasteiger partial charge in [-0.3, -0.25) is 0 Å². The molecule has 0 bridgehead atoms. The molecular weight excluding hydrogens is 316 g/mol. The Bertz CT molecular complexity index is 1080. The number of nitrogens with two attached hydrogens (primary N) is 2. The van der Waals surface area contributed by atoms with E-state index in [-0.39, 0.29) is 5.95 Å². The van der Waals surface area contributed by atoms with Crippen LogP contribution in [0.3, 0.4) is 0 Å². The van der Waals surface area contributed by atoms with E-state index in [0.29, 0.717) is 23.7 Å². The Kier molecular flexibility index (Phi) is 3.42. The second kappa shape index (κ2) is 5.62. The smallest absolute Gasteiger partial charge is 0.224 e. The molecule has 3 heterocycles. The second-order valence-electron chi connectivity index (χ2n) is 6.03. The van der Waals surface area contributed by atoms with Gasteiger partial charge in [0.25, 0.3) is 0 Å². The molecule has 0 aliphatic heterocycles. The van der Waals surface area contributed by atoms with E-state index in [2.05, 4.69) is 21.1 Å². The van der Waals surface area contributed by atoms with Crippen molar-refractivity contribution in [3.05, 3.63) is 59.0 Å². The summed E-state index contributed by atoms with van der Waals surface area (Å²) in [6.07, 6.45) is 2.44. The summed E-state index contributed by atoms with van der Waals surface area (Å²) in [6.45, 7) is 3.89. The van der Waals surface area contributed by atoms with Gasteiger partial charge < -0.3 is 15.9 Å². The van der Waals surface area contributed by atoms with Gasteiger partial charge in [-0.05, 0) is 43.2 Å². The van der Waals surface area contributed by atoms with Crippen LogP contribution in [0, 0.1) is 13.8 Å². The minimum absolute atomic E-state index is 0.183. The van der Waals surface area contributed by atoms with Crippen LogP contribution in [-0.2, 0) is 6.42 Å². The van der Waals surface area contributed by atoms with Crippen molar-refractivity contribution < 1.29 is 4.42 Å². The highest BCUT2D eigenvalue weighted by molar-refractivity contribution is 5.60. The number of fused-ring (bicyclic) bond motifs is 1. The molecule has 0 fully saturated rings. The lowest BCUT2D eigenvalue weighted by Crippen LogP contribution is -2.05. The Morgan fingerprint density at radius 2 is 1.88 bits per heavy atom. The largest absolute Gasteiger partial charge is 0.458 e. The van der Waals surface area contributed by atoms with Crippen LogP contribution in [0.1, 0.15) is 22.5 Å². The van der Waals surface area contributed by atoms with Crippen molar-refractivity contribution in [2.45, 2.75) is 20.3 Å². The van der Waals surface area contributed by atoms with Crippen LogP contribution in [0.15, 0.2) is 40.9 Å². The van der Waals surface area contributed by atoms with Gasteiger partial charge >= 0.3 is 0 Å². The predicted molar refractivity (Wildman–Crippen MR) is 96.0 cm³/mol. The molecule has 0 radical (unpaired) electrons. The fourth-order valence-corrected chi connectivity index (χ4v) is 2.88. The number of benzene rings is 1. The van der Waals surface area contributed by atoms with Crippen LogP contribution in [0.25, 0.3) is 17.2 Å². The van der Waals surface area contributed by atoms with Gasteiger partial charge in [0.15, 0.2) is 11.4 Å². The number of aryl methyl sites for hydroxylation is 1. The standard InChI is InChI=1S/C18H18N6O/c1-10-6-7-15(25-10)17-23-18(20)22-16-13(9-21-24(16)17)8-12-4-3-5-14(19)11(12)2/h3-7,9H,8,19H2,1-2H3,(H2,20,22). The molecule has 7 nitrogen and oxygen atoms in total. The first-order valence-electron chi connectivity index (χ1n) is 7.94. The van der Waals surface area contributed by atoms with Gasteiger partial charge in [-0.2, -0.15) is 19.6 Å². The van der Waals surface area contributed by atoms with E-state index in [4.69, 9.17) is 15.9 Å². The van der Waals surface area contributed by atoms with Gasteiger partial charge in [-0.15, -0.1) is 0 Å². The summed E-state index contributed by atoms with van der Waals surface area (Å²) in [4.78, 5) is 8.66. The zero-order chi connectivity index (χ0) is 17.6. The quantitative estimate of drug-likeness (QED) is 0.558. The number of furan rings is 1. The fraction of sp³-hybridized carbons (Fsp3) is 0.167. The second-order valence-corrected chi connectivity index (χ2v) is 6.03. The third kappa shape index (κ3) is 2.59. The molecule has 0 saturated carbocycles. The maximum Gasteiger partial charge on any atom is 0.224 e. The highest BCUT2D eigenvalue weighted by Crippen LogP contribution is 2.25. The molecule has 126 valence electrons. The summed E-state index contributed by atoms with van der Waals surface area (Å²) in [5, 5.41) is 4.44. The maximum atomic E-state index is 6.01. The average molecular weight is 334 g/mol. The van der Waals surface area contributed by atoms with Crippen molar-refractivity contribution in [1.29, 1.82) is 0 Å². The monoisotopic (exact) mass is 334 g/mol. The lowest BCUT2D eigenvalue weighted by Gasteiger charge is -2.08. The lowest BCUT2D eigenvalue weighted by molar-refractivity contribution is 0.541. The van der Waals surface area contributed by atoms with Crippen LogP contribution >= 0.6 is 0 Å². The van der Waals surface area contributed by atoms with Crippen molar-refractivity contribution in [3.63, 3.8) is 0 Å². The number of aromatic nitrogens is 4. The molecular formula is C18H18N6O. The lowest BCUT2D eigenvalue weighted by atomic mass is 10.0. The number of rotatable bonds is 3. The molecule has 0 spiro atoms. The zero-order valence-electron chi connectivity index (χ0n) is 14.0. The molecule has 7 heteroatoms. The third-order valence-corrected chi connectivity index (χ3v) is 4.29. The van der Waals surface area contributed by atoms with Crippen LogP contribution < -0.4 is 11.5 Å². The molecule has 4 N–H and O–H groups in total. The van der Waals surface area contributed by atoms with E-state index in [1.165, 1.54) is 0 Å². The molecule has 25 heavy (non-hydrogen) atoms. The highest BCUT2D eigenvalue weighted by atomic mass is 16.3. The number of anilines is 2. The van der Waals surface area contributed by atoms with Crippen molar-refractivity contribution in [2.24, 2.45) is 0 Å². The molecule has 0 amide bonds. The van der Waals surface area contributed by atoms with Crippen LogP contribution in [0.2, 0.25) is 0 Å². The first kappa shape index (κ1) is 15.2. The summed E-state index contributed by atoms with van der Waals surface area (Å²) in [7, 11) is 0. The Hall–Kier alpha value is -3.35. The third-order valence-electron chi connectivity index (χ3n) is 4.29. The van der Waals surface area contributed by atoms with Gasteiger partial charge in [0.05, 0.1) is 6.20 Å². The topological polar surface area (TPSA) is 108 Å². The fourth-order valence-electron chi connectivity index (χ4n) is 2.88. The van der Waals surface area contributed by atoms with E-state index < -0.39 is 0 Å². The summed E-state index contributed by atoms with van der Waals surface area (Å²) in [6, 6.07) is 9.62. The number of nitrogen functional groups attached to an aromatic ring is 2. The van der Waals surface area contributed by atoms with Gasteiger partial charge in [-0.1, -0.05) is 12.1 Å². The first-order chi connectivity index (χ1) is 12.0. The minimum atomic E-state index is 0.183. The van der Waals surface area contributed by atoms with E-state index in [1.807, 2.05) is 38.1 Å².